The molecule has 0 spiro atoms. The molecule has 23 heavy (non-hydrogen) atoms. The predicted molar refractivity (Wildman–Crippen MR) is 97.7 cm³/mol. The first-order chi connectivity index (χ1) is 11.1. The van der Waals surface area contributed by atoms with Crippen LogP contribution in [0.2, 0.25) is 0 Å². The van der Waals surface area contributed by atoms with Gasteiger partial charge in [-0.05, 0) is 69.5 Å². The number of nitrogens with zero attached hydrogens (tertiary/aromatic N) is 2. The quantitative estimate of drug-likeness (QED) is 0.711. The van der Waals surface area contributed by atoms with Crippen LogP contribution in [0.25, 0.3) is 22.4 Å². The minimum absolute atomic E-state index is 0.741. The second-order valence-corrected chi connectivity index (χ2v) is 6.38. The molecule has 0 saturated heterocycles. The highest BCUT2D eigenvalue weighted by atomic mass is 15.1. The van der Waals surface area contributed by atoms with Crippen molar-refractivity contribution in [1.29, 1.82) is 0 Å². The minimum atomic E-state index is 0.741. The van der Waals surface area contributed by atoms with E-state index in [9.17, 15) is 0 Å². The molecule has 2 aromatic carbocycles. The second-order valence-electron chi connectivity index (χ2n) is 6.38. The Kier molecular flexibility index (Phi) is 4.49. The van der Waals surface area contributed by atoms with Crippen molar-refractivity contribution < 1.29 is 0 Å². The van der Waals surface area contributed by atoms with Gasteiger partial charge in [-0.2, -0.15) is 0 Å². The Bertz CT molecular complexity index is 830. The lowest BCUT2D eigenvalue weighted by atomic mass is 10.1. The molecule has 0 radical (unpaired) electrons. The van der Waals surface area contributed by atoms with Crippen molar-refractivity contribution in [3.63, 3.8) is 0 Å². The van der Waals surface area contributed by atoms with Crippen LogP contribution in [0.1, 0.15) is 29.5 Å². The zero-order valence-corrected chi connectivity index (χ0v) is 14.3. The largest absolute Gasteiger partial charge is 0.330 e. The van der Waals surface area contributed by atoms with E-state index in [2.05, 4.69) is 61.7 Å². The maximum atomic E-state index is 5.67. The fraction of sp³-hybridized carbons (Fsp3) is 0.350. The smallest absolute Gasteiger partial charge is 0.141 e. The van der Waals surface area contributed by atoms with Crippen molar-refractivity contribution in [3.05, 3.63) is 53.1 Å². The Balaban J connectivity index is 2.16. The average molecular weight is 307 g/mol. The molecule has 0 saturated carbocycles. The first-order valence-corrected chi connectivity index (χ1v) is 8.34. The monoisotopic (exact) mass is 307 g/mol. The topological polar surface area (TPSA) is 43.8 Å². The van der Waals surface area contributed by atoms with E-state index in [4.69, 9.17) is 10.7 Å². The van der Waals surface area contributed by atoms with Crippen molar-refractivity contribution >= 4 is 11.0 Å². The van der Waals surface area contributed by atoms with Gasteiger partial charge in [-0.3, -0.25) is 0 Å². The van der Waals surface area contributed by atoms with E-state index in [1.165, 1.54) is 27.8 Å². The van der Waals surface area contributed by atoms with Gasteiger partial charge in [-0.1, -0.05) is 23.8 Å². The van der Waals surface area contributed by atoms with Crippen LogP contribution < -0.4 is 5.73 Å². The van der Waals surface area contributed by atoms with Crippen LogP contribution in [0.5, 0.6) is 0 Å². The Morgan fingerprint density at radius 2 is 1.78 bits per heavy atom. The molecule has 3 heteroatoms. The molecule has 0 aliphatic heterocycles. The lowest BCUT2D eigenvalue weighted by Gasteiger charge is -2.10. The molecule has 0 aliphatic carbocycles. The molecule has 1 heterocycles. The van der Waals surface area contributed by atoms with Gasteiger partial charge in [0.1, 0.15) is 5.82 Å². The van der Waals surface area contributed by atoms with Crippen molar-refractivity contribution in [3.8, 4) is 11.4 Å². The summed E-state index contributed by atoms with van der Waals surface area (Å²) < 4.78 is 2.35. The first kappa shape index (κ1) is 15.8. The first-order valence-electron chi connectivity index (χ1n) is 8.34. The number of hydrogen-bond acceptors (Lipinski definition) is 2. The normalized spacial score (nSPS) is 11.3. The molecule has 0 atom stereocenters. The van der Waals surface area contributed by atoms with E-state index in [1.54, 1.807) is 0 Å². The van der Waals surface area contributed by atoms with Crippen LogP contribution in [0.3, 0.4) is 0 Å². The molecule has 0 unspecified atom stereocenters. The molecular formula is C20H25N3. The third-order valence-corrected chi connectivity index (χ3v) is 4.48. The van der Waals surface area contributed by atoms with E-state index in [1.807, 2.05) is 0 Å². The van der Waals surface area contributed by atoms with Gasteiger partial charge in [-0.15, -0.1) is 0 Å². The molecule has 3 aromatic rings. The number of imidazole rings is 1. The third-order valence-electron chi connectivity index (χ3n) is 4.48. The summed E-state index contributed by atoms with van der Waals surface area (Å²) in [6, 6.07) is 13.0. The lowest BCUT2D eigenvalue weighted by Crippen LogP contribution is -2.05. The third kappa shape index (κ3) is 3.15. The number of aromatic nitrogens is 2. The van der Waals surface area contributed by atoms with E-state index >= 15 is 0 Å². The molecule has 120 valence electrons. The number of nitrogens with two attached hydrogens (primary N) is 1. The van der Waals surface area contributed by atoms with Gasteiger partial charge in [0.25, 0.3) is 0 Å². The minimum Gasteiger partial charge on any atom is -0.330 e. The van der Waals surface area contributed by atoms with Gasteiger partial charge in [-0.25, -0.2) is 4.98 Å². The van der Waals surface area contributed by atoms with E-state index < -0.39 is 0 Å². The van der Waals surface area contributed by atoms with Crippen molar-refractivity contribution in [2.45, 2.75) is 40.2 Å². The molecule has 0 fully saturated rings. The molecule has 0 aliphatic rings. The van der Waals surface area contributed by atoms with Gasteiger partial charge < -0.3 is 10.3 Å². The lowest BCUT2D eigenvalue weighted by molar-refractivity contribution is 0.631. The summed E-state index contributed by atoms with van der Waals surface area (Å²) in [5.41, 5.74) is 13.0. The van der Waals surface area contributed by atoms with Crippen LogP contribution in [-0.2, 0) is 6.54 Å². The molecule has 3 rings (SSSR count). The van der Waals surface area contributed by atoms with Crippen molar-refractivity contribution in [2.75, 3.05) is 6.54 Å². The van der Waals surface area contributed by atoms with Gasteiger partial charge in [0.2, 0.25) is 0 Å². The van der Waals surface area contributed by atoms with Gasteiger partial charge in [0.05, 0.1) is 11.0 Å². The number of benzene rings is 2. The zero-order valence-electron chi connectivity index (χ0n) is 14.3. The highest BCUT2D eigenvalue weighted by Gasteiger charge is 2.13. The molecule has 3 nitrogen and oxygen atoms in total. The molecule has 2 N–H and O–H groups in total. The summed E-state index contributed by atoms with van der Waals surface area (Å²) in [6.07, 6.45) is 2.12. The van der Waals surface area contributed by atoms with Gasteiger partial charge >= 0.3 is 0 Å². The van der Waals surface area contributed by atoms with E-state index in [-0.39, 0.29) is 0 Å². The molecule has 1 aromatic heterocycles. The molecule has 0 amide bonds. The fourth-order valence-electron chi connectivity index (χ4n) is 3.03. The number of fused-ring (bicyclic) bond motifs is 1. The highest BCUT2D eigenvalue weighted by molar-refractivity contribution is 5.82. The van der Waals surface area contributed by atoms with Gasteiger partial charge in [0, 0.05) is 12.1 Å². The number of hydrogen-bond donors (Lipinski definition) is 1. The molecular weight excluding hydrogens is 282 g/mol. The van der Waals surface area contributed by atoms with Crippen LogP contribution in [0.15, 0.2) is 36.4 Å². The Hall–Kier alpha value is -2.13. The van der Waals surface area contributed by atoms with Crippen LogP contribution in [-0.4, -0.2) is 16.1 Å². The standard InChI is InChI=1S/C20H25N3/c1-14-7-6-8-17(11-14)20-22-18-12-15(2)16(3)13-19(18)23(20)10-5-4-9-21/h6-8,11-13H,4-5,9-10,21H2,1-3H3. The maximum Gasteiger partial charge on any atom is 0.141 e. The summed E-state index contributed by atoms with van der Waals surface area (Å²) in [7, 11) is 0. The SMILES string of the molecule is Cc1cccc(-c2nc3cc(C)c(C)cc3n2CCCCN)c1. The maximum absolute atomic E-state index is 5.67. The summed E-state index contributed by atoms with van der Waals surface area (Å²) in [5, 5.41) is 0. The van der Waals surface area contributed by atoms with Crippen LogP contribution in [0.4, 0.5) is 0 Å². The summed E-state index contributed by atoms with van der Waals surface area (Å²) >= 11 is 0. The number of unbranched alkanes of at least 4 members (excludes halogenated alkanes) is 1. The zero-order chi connectivity index (χ0) is 16.4. The fourth-order valence-corrected chi connectivity index (χ4v) is 3.03. The van der Waals surface area contributed by atoms with Crippen LogP contribution >= 0.6 is 0 Å². The second kappa shape index (κ2) is 6.55. The highest BCUT2D eigenvalue weighted by Crippen LogP contribution is 2.28. The Morgan fingerprint density at radius 1 is 1.00 bits per heavy atom. The van der Waals surface area contributed by atoms with E-state index in [0.717, 1.165) is 37.3 Å². The Morgan fingerprint density at radius 3 is 2.52 bits per heavy atom. The average Bonchev–Trinajstić information content (AvgIpc) is 2.86. The van der Waals surface area contributed by atoms with Crippen molar-refractivity contribution in [2.24, 2.45) is 5.73 Å². The Labute approximate surface area is 138 Å². The summed E-state index contributed by atoms with van der Waals surface area (Å²) in [6.45, 7) is 8.14. The summed E-state index contributed by atoms with van der Waals surface area (Å²) in [5.74, 6) is 1.06. The summed E-state index contributed by atoms with van der Waals surface area (Å²) in [4.78, 5) is 4.94. The molecule has 0 bridgehead atoms. The number of aryl methyl sites for hydroxylation is 4. The van der Waals surface area contributed by atoms with E-state index in [0.29, 0.717) is 0 Å². The van der Waals surface area contributed by atoms with Crippen molar-refractivity contribution in [1.82, 2.24) is 9.55 Å². The van der Waals surface area contributed by atoms with Crippen LogP contribution in [0, 0.1) is 20.8 Å². The number of rotatable bonds is 5. The predicted octanol–water partition coefficient (Wildman–Crippen LogP) is 4.37. The van der Waals surface area contributed by atoms with Gasteiger partial charge in [0.15, 0.2) is 0 Å².